The van der Waals surface area contributed by atoms with Crippen molar-refractivity contribution in [2.45, 2.75) is 17.9 Å². The molecule has 2 rings (SSSR count). The van der Waals surface area contributed by atoms with E-state index in [9.17, 15) is 13.5 Å². The molecule has 26 heavy (non-hydrogen) atoms. The van der Waals surface area contributed by atoms with Gasteiger partial charge in [-0.25, -0.2) is 8.42 Å². The lowest BCUT2D eigenvalue weighted by atomic mass is 10.2. The molecule has 0 unspecified atom stereocenters. The molecule has 2 aromatic carbocycles. The first kappa shape index (κ1) is 21.0. The second-order valence-electron chi connectivity index (χ2n) is 6.51. The Morgan fingerprint density at radius 1 is 1.12 bits per heavy atom. The minimum atomic E-state index is -3.92. The fourth-order valence-corrected chi connectivity index (χ4v) is 4.52. The first-order chi connectivity index (χ1) is 12.1. The average molecular weight is 418 g/mol. The number of nitrogens with one attached hydrogen (secondary N) is 1. The maximum atomic E-state index is 13.2. The third kappa shape index (κ3) is 5.11. The van der Waals surface area contributed by atoms with Gasteiger partial charge >= 0.3 is 0 Å². The lowest BCUT2D eigenvalue weighted by molar-refractivity contribution is -0.861. The van der Waals surface area contributed by atoms with Crippen LogP contribution in [0.5, 0.6) is 0 Å². The minimum absolute atomic E-state index is 0.124. The molecule has 1 atom stereocenters. The maximum absolute atomic E-state index is 13.2. The Morgan fingerprint density at radius 2 is 1.73 bits per heavy atom. The van der Waals surface area contributed by atoms with Gasteiger partial charge in [-0.05, 0) is 37.3 Å². The summed E-state index contributed by atoms with van der Waals surface area (Å²) in [6.07, 6.45) is -0.865. The molecule has 0 spiro atoms. The van der Waals surface area contributed by atoms with Crippen molar-refractivity contribution in [2.24, 2.45) is 0 Å². The number of halogens is 2. The van der Waals surface area contributed by atoms with Crippen molar-refractivity contribution >= 4 is 38.9 Å². The van der Waals surface area contributed by atoms with Crippen LogP contribution in [0.3, 0.4) is 0 Å². The van der Waals surface area contributed by atoms with Gasteiger partial charge in [0.15, 0.2) is 0 Å². The van der Waals surface area contributed by atoms with Crippen molar-refractivity contribution in [3.8, 4) is 0 Å². The molecular weight excluding hydrogens is 395 g/mol. The van der Waals surface area contributed by atoms with Crippen LogP contribution >= 0.6 is 23.2 Å². The molecule has 0 radical (unpaired) electrons. The summed E-state index contributed by atoms with van der Waals surface area (Å²) in [5, 5.41) is 11.0. The number of sulfonamides is 1. The number of nitrogens with zero attached hydrogens (tertiary/aromatic N) is 1. The third-order valence-electron chi connectivity index (χ3n) is 3.81. The monoisotopic (exact) mass is 417 g/mol. The van der Waals surface area contributed by atoms with E-state index in [1.54, 1.807) is 36.4 Å². The van der Waals surface area contributed by atoms with Crippen LogP contribution in [0.1, 0.15) is 5.56 Å². The molecule has 8 heteroatoms. The zero-order valence-electron chi connectivity index (χ0n) is 14.9. The van der Waals surface area contributed by atoms with E-state index in [0.717, 1.165) is 14.8 Å². The summed E-state index contributed by atoms with van der Waals surface area (Å²) in [6.45, 7) is 2.14. The van der Waals surface area contributed by atoms with Crippen LogP contribution in [0.15, 0.2) is 47.4 Å². The van der Waals surface area contributed by atoms with E-state index in [0.29, 0.717) is 11.6 Å². The summed E-state index contributed by atoms with van der Waals surface area (Å²) < 4.78 is 27.6. The van der Waals surface area contributed by atoms with Gasteiger partial charge in [-0.2, -0.15) is 0 Å². The molecule has 0 saturated carbocycles. The molecule has 0 aromatic heterocycles. The van der Waals surface area contributed by atoms with Gasteiger partial charge in [0.2, 0.25) is 0 Å². The van der Waals surface area contributed by atoms with Crippen LogP contribution in [0.2, 0.25) is 10.0 Å². The molecule has 0 aliphatic carbocycles. The lowest BCUT2D eigenvalue weighted by Gasteiger charge is -2.28. The number of hydrogen-bond acceptors (Lipinski definition) is 3. The Hall–Kier alpha value is -1.31. The van der Waals surface area contributed by atoms with E-state index in [4.69, 9.17) is 23.2 Å². The van der Waals surface area contributed by atoms with Crippen LogP contribution in [-0.4, -0.2) is 46.8 Å². The van der Waals surface area contributed by atoms with E-state index in [1.807, 2.05) is 21.0 Å². The Bertz CT molecular complexity index is 855. The Morgan fingerprint density at radius 3 is 2.31 bits per heavy atom. The Balaban J connectivity index is 2.52. The topological polar surface area (TPSA) is 62.0 Å². The molecule has 0 amide bonds. The van der Waals surface area contributed by atoms with Crippen molar-refractivity contribution in [1.29, 1.82) is 0 Å². The maximum Gasteiger partial charge on any atom is 0.264 e. The predicted molar refractivity (Wildman–Crippen MR) is 106 cm³/mol. The summed E-state index contributed by atoms with van der Waals surface area (Å²) in [5.41, 5.74) is 1.19. The number of hydrogen-bond donors (Lipinski definition) is 2. The van der Waals surface area contributed by atoms with E-state index in [-0.39, 0.29) is 22.2 Å². The molecule has 2 N–H and O–H groups in total. The molecule has 2 aromatic rings. The van der Waals surface area contributed by atoms with Gasteiger partial charge in [-0.3, -0.25) is 4.31 Å². The second-order valence-corrected chi connectivity index (χ2v) is 9.22. The first-order valence-electron chi connectivity index (χ1n) is 8.13. The molecule has 0 heterocycles. The minimum Gasteiger partial charge on any atom is -0.385 e. The van der Waals surface area contributed by atoms with Crippen molar-refractivity contribution in [1.82, 2.24) is 0 Å². The zero-order valence-corrected chi connectivity index (χ0v) is 17.2. The summed E-state index contributed by atoms with van der Waals surface area (Å²) >= 11 is 12.3. The molecule has 0 saturated heterocycles. The number of aliphatic hydroxyl groups is 1. The molecule has 0 aliphatic rings. The molecule has 5 nitrogen and oxygen atoms in total. The average Bonchev–Trinajstić information content (AvgIpc) is 2.54. The van der Waals surface area contributed by atoms with Crippen molar-refractivity contribution in [3.63, 3.8) is 0 Å². The number of rotatable bonds is 7. The fraction of sp³-hybridized carbons (Fsp3) is 0.333. The summed E-state index contributed by atoms with van der Waals surface area (Å²) in [6, 6.07) is 11.2. The smallest absolute Gasteiger partial charge is 0.264 e. The highest BCUT2D eigenvalue weighted by Crippen LogP contribution is 2.33. The highest BCUT2D eigenvalue weighted by molar-refractivity contribution is 7.92. The van der Waals surface area contributed by atoms with Crippen LogP contribution in [0.4, 0.5) is 5.69 Å². The quantitative estimate of drug-likeness (QED) is 0.723. The van der Waals surface area contributed by atoms with Gasteiger partial charge in [-0.15, -0.1) is 0 Å². The number of aryl methyl sites for hydroxylation is 1. The van der Waals surface area contributed by atoms with Gasteiger partial charge in [0.25, 0.3) is 10.0 Å². The van der Waals surface area contributed by atoms with E-state index < -0.39 is 16.1 Å². The Kier molecular flexibility index (Phi) is 6.93. The van der Waals surface area contributed by atoms with Gasteiger partial charge in [0, 0.05) is 5.02 Å². The Labute approximate surface area is 164 Å². The molecule has 0 fully saturated rings. The molecule has 0 aliphatic heterocycles. The molecule has 142 valence electrons. The largest absolute Gasteiger partial charge is 0.385 e. The fourth-order valence-electron chi connectivity index (χ4n) is 2.57. The number of likely N-dealkylation sites (N-methyl/N-ethyl adjacent to an activating group) is 1. The van der Waals surface area contributed by atoms with Gasteiger partial charge in [-0.1, -0.05) is 40.9 Å². The SMILES string of the molecule is Cc1ccc(S(=O)(=O)N(C[C@@H](O)C[NH+](C)C)c2cc(Cl)ccc2Cl)cc1. The predicted octanol–water partition coefficient (Wildman–Crippen LogP) is 2.00. The zero-order chi connectivity index (χ0) is 19.5. The van der Waals surface area contributed by atoms with E-state index >= 15 is 0 Å². The highest BCUT2D eigenvalue weighted by atomic mass is 35.5. The van der Waals surface area contributed by atoms with Gasteiger partial charge in [0.05, 0.1) is 36.2 Å². The summed E-state index contributed by atoms with van der Waals surface area (Å²) in [5.74, 6) is 0. The van der Waals surface area contributed by atoms with Crippen LogP contribution < -0.4 is 9.21 Å². The van der Waals surface area contributed by atoms with E-state index in [2.05, 4.69) is 0 Å². The van der Waals surface area contributed by atoms with Crippen LogP contribution in [0, 0.1) is 6.92 Å². The van der Waals surface area contributed by atoms with E-state index in [1.165, 1.54) is 6.07 Å². The first-order valence-corrected chi connectivity index (χ1v) is 10.3. The molecule has 0 bridgehead atoms. The summed E-state index contributed by atoms with van der Waals surface area (Å²) in [4.78, 5) is 1.13. The number of anilines is 1. The third-order valence-corrected chi connectivity index (χ3v) is 6.15. The van der Waals surface area contributed by atoms with Crippen molar-refractivity contribution in [2.75, 3.05) is 31.5 Å². The summed E-state index contributed by atoms with van der Waals surface area (Å²) in [7, 11) is -0.153. The molecular formula is C18H23Cl2N2O3S+. The number of benzene rings is 2. The van der Waals surface area contributed by atoms with Crippen LogP contribution in [0.25, 0.3) is 0 Å². The van der Waals surface area contributed by atoms with Crippen LogP contribution in [-0.2, 0) is 10.0 Å². The highest BCUT2D eigenvalue weighted by Gasteiger charge is 2.29. The second kappa shape index (κ2) is 8.59. The van der Waals surface area contributed by atoms with Gasteiger partial charge in [0.1, 0.15) is 12.6 Å². The van der Waals surface area contributed by atoms with Crippen molar-refractivity contribution < 1.29 is 18.4 Å². The standard InChI is InChI=1S/C18H22Cl2N2O3S/c1-13-4-7-16(8-5-13)26(24,25)22(12-15(23)11-21(2)3)18-10-14(19)6-9-17(18)20/h4-10,15,23H,11-12H2,1-3H3/p+1/t15-/m0/s1. The van der Waals surface area contributed by atoms with Gasteiger partial charge < -0.3 is 10.0 Å². The normalized spacial score (nSPS) is 13.0. The number of quaternary nitrogens is 1. The number of aliphatic hydroxyl groups excluding tert-OH is 1. The van der Waals surface area contributed by atoms with Crippen molar-refractivity contribution in [3.05, 3.63) is 58.1 Å². The lowest BCUT2D eigenvalue weighted by Crippen LogP contribution is -3.07.